The molecule has 1 aliphatic heterocycles. The highest BCUT2D eigenvalue weighted by Gasteiger charge is 2.29. The summed E-state index contributed by atoms with van der Waals surface area (Å²) in [5.74, 6) is -1.95. The minimum absolute atomic E-state index is 0.0340. The van der Waals surface area contributed by atoms with Crippen molar-refractivity contribution < 1.29 is 13.2 Å². The number of aromatic nitrogens is 2. The molecule has 4 heterocycles. The first-order chi connectivity index (χ1) is 14.4. The van der Waals surface area contributed by atoms with Crippen molar-refractivity contribution in [1.29, 1.82) is 0 Å². The number of pyridine rings is 1. The lowest BCUT2D eigenvalue weighted by atomic mass is 9.89. The Labute approximate surface area is 179 Å². The second kappa shape index (κ2) is 7.47. The van der Waals surface area contributed by atoms with Gasteiger partial charge in [0.1, 0.15) is 16.0 Å². The molecule has 0 aliphatic carbocycles. The van der Waals surface area contributed by atoms with Gasteiger partial charge >= 0.3 is 0 Å². The second-order valence-electron chi connectivity index (χ2n) is 7.69. The Morgan fingerprint density at radius 3 is 2.80 bits per heavy atom. The fourth-order valence-electron chi connectivity index (χ4n) is 4.16. The van der Waals surface area contributed by atoms with Crippen LogP contribution in [0.2, 0.25) is 0 Å². The highest BCUT2D eigenvalue weighted by molar-refractivity contribution is 7.18. The van der Waals surface area contributed by atoms with E-state index < -0.39 is 23.1 Å². The zero-order valence-electron chi connectivity index (χ0n) is 16.4. The molecular weight excluding hydrogens is 429 g/mol. The van der Waals surface area contributed by atoms with Crippen molar-refractivity contribution in [3.05, 3.63) is 46.2 Å². The quantitative estimate of drug-likeness (QED) is 0.401. The summed E-state index contributed by atoms with van der Waals surface area (Å²) in [4.78, 5) is 12.3. The smallest absolute Gasteiger partial charge is 0.176 e. The molecule has 0 radical (unpaired) electrons. The van der Waals surface area contributed by atoms with Crippen molar-refractivity contribution in [1.82, 2.24) is 14.9 Å². The zero-order chi connectivity index (χ0) is 21.0. The fraction of sp³-hybridized carbons (Fsp3) is 0.333. The van der Waals surface area contributed by atoms with Gasteiger partial charge < -0.3 is 10.2 Å². The van der Waals surface area contributed by atoms with Gasteiger partial charge in [0.2, 0.25) is 0 Å². The molecule has 0 bridgehead atoms. The van der Waals surface area contributed by atoms with Gasteiger partial charge in [0, 0.05) is 22.2 Å². The predicted octanol–water partition coefficient (Wildman–Crippen LogP) is 6.26. The van der Waals surface area contributed by atoms with Gasteiger partial charge in [0.15, 0.2) is 17.5 Å². The Morgan fingerprint density at radius 1 is 1.13 bits per heavy atom. The van der Waals surface area contributed by atoms with Crippen molar-refractivity contribution in [3.63, 3.8) is 0 Å². The average molecular weight is 449 g/mol. The van der Waals surface area contributed by atoms with Gasteiger partial charge in [-0.3, -0.25) is 0 Å². The highest BCUT2D eigenvalue weighted by Crippen LogP contribution is 2.41. The van der Waals surface area contributed by atoms with E-state index in [4.69, 9.17) is 0 Å². The van der Waals surface area contributed by atoms with Crippen molar-refractivity contribution in [2.24, 2.45) is 0 Å². The first-order valence-corrected chi connectivity index (χ1v) is 11.4. The molecule has 156 valence electrons. The predicted molar refractivity (Wildman–Crippen MR) is 116 cm³/mol. The maximum atomic E-state index is 14.9. The number of thiazole rings is 1. The van der Waals surface area contributed by atoms with Crippen molar-refractivity contribution in [3.8, 4) is 0 Å². The molecule has 4 nitrogen and oxygen atoms in total. The van der Waals surface area contributed by atoms with Gasteiger partial charge in [-0.15, -0.1) is 22.7 Å². The lowest BCUT2D eigenvalue weighted by Crippen LogP contribution is -2.38. The van der Waals surface area contributed by atoms with Gasteiger partial charge in [0.25, 0.3) is 0 Å². The van der Waals surface area contributed by atoms with E-state index in [0.717, 1.165) is 41.8 Å². The van der Waals surface area contributed by atoms with E-state index >= 15 is 0 Å². The summed E-state index contributed by atoms with van der Waals surface area (Å²) >= 11 is 2.66. The largest absolute Gasteiger partial charge is 0.348 e. The highest BCUT2D eigenvalue weighted by atomic mass is 32.1. The number of hydrogen-bond acceptors (Lipinski definition) is 6. The molecule has 0 amide bonds. The molecule has 3 aromatic heterocycles. The molecule has 1 aliphatic rings. The molecule has 1 fully saturated rings. The van der Waals surface area contributed by atoms with Crippen molar-refractivity contribution in [2.75, 3.05) is 18.9 Å². The summed E-state index contributed by atoms with van der Waals surface area (Å²) in [6, 6.07) is 3.48. The maximum Gasteiger partial charge on any atom is 0.176 e. The molecule has 4 aromatic rings. The molecule has 30 heavy (non-hydrogen) atoms. The van der Waals surface area contributed by atoms with Gasteiger partial charge in [0.05, 0.1) is 22.1 Å². The van der Waals surface area contributed by atoms with Gasteiger partial charge in [-0.25, -0.2) is 23.1 Å². The van der Waals surface area contributed by atoms with Gasteiger partial charge in [-0.1, -0.05) is 0 Å². The first kappa shape index (κ1) is 19.7. The molecule has 0 saturated carbocycles. The number of halogens is 3. The summed E-state index contributed by atoms with van der Waals surface area (Å²) in [6.07, 6.45) is 3.24. The van der Waals surface area contributed by atoms with Crippen LogP contribution in [-0.2, 0) is 0 Å². The number of nitrogens with one attached hydrogen (secondary N) is 1. The SMILES string of the molecule is C[C@@H]1[C@H](c2cc3c(Nc4c(F)cc5scnc5c4F)c(F)cnc3s2)CCCN1C. The van der Waals surface area contributed by atoms with Crippen LogP contribution in [0.1, 0.15) is 30.6 Å². The van der Waals surface area contributed by atoms with E-state index in [1.807, 2.05) is 6.07 Å². The molecule has 0 unspecified atom stereocenters. The maximum absolute atomic E-state index is 14.9. The molecule has 9 heteroatoms. The number of nitrogens with zero attached hydrogens (tertiary/aromatic N) is 3. The van der Waals surface area contributed by atoms with E-state index in [1.54, 1.807) is 0 Å². The molecule has 2 atom stereocenters. The molecule has 1 saturated heterocycles. The lowest BCUT2D eigenvalue weighted by Gasteiger charge is -2.36. The van der Waals surface area contributed by atoms with Gasteiger partial charge in [-0.05, 0) is 45.5 Å². The number of likely N-dealkylation sites (N-methyl/N-ethyl adjacent to an activating group) is 1. The standard InChI is InChI=1S/C21H19F3N4S2/c1-10-11(4-3-5-28(10)2)15-6-12-18(14(23)8-25-21(12)30-15)27-19-13(22)7-16-20(17(19)24)26-9-29-16/h6-11H,3-5H2,1-2H3,(H,25,27)/t10-,11-/m1/s1. The van der Waals surface area contributed by atoms with Crippen LogP contribution in [0.3, 0.4) is 0 Å². The van der Waals surface area contributed by atoms with E-state index in [2.05, 4.69) is 34.2 Å². The fourth-order valence-corrected chi connectivity index (χ4v) is 6.10. The number of hydrogen-bond donors (Lipinski definition) is 1. The number of piperidine rings is 1. The minimum atomic E-state index is -0.825. The summed E-state index contributed by atoms with van der Waals surface area (Å²) in [6.45, 7) is 3.25. The third-order valence-electron chi connectivity index (χ3n) is 5.97. The average Bonchev–Trinajstić information content (AvgIpc) is 3.35. The third-order valence-corrected chi connectivity index (χ3v) is 7.92. The van der Waals surface area contributed by atoms with Crippen LogP contribution >= 0.6 is 22.7 Å². The first-order valence-electron chi connectivity index (χ1n) is 9.70. The number of benzene rings is 1. The molecular formula is C21H19F3N4S2. The monoisotopic (exact) mass is 448 g/mol. The minimum Gasteiger partial charge on any atom is -0.348 e. The van der Waals surface area contributed by atoms with Crippen LogP contribution in [0, 0.1) is 17.5 Å². The molecule has 5 rings (SSSR count). The summed E-state index contributed by atoms with van der Waals surface area (Å²) in [5, 5.41) is 3.20. The molecule has 1 aromatic carbocycles. The Bertz CT molecular complexity index is 1250. The normalized spacial score (nSPS) is 20.3. The van der Waals surface area contributed by atoms with Crippen molar-refractivity contribution >= 4 is 54.5 Å². The Balaban J connectivity index is 1.60. The number of rotatable bonds is 3. The van der Waals surface area contributed by atoms with E-state index in [-0.39, 0.29) is 11.2 Å². The van der Waals surface area contributed by atoms with Crippen LogP contribution in [0.5, 0.6) is 0 Å². The Kier molecular flexibility index (Phi) is 4.91. The van der Waals surface area contributed by atoms with E-state index in [1.165, 1.54) is 22.9 Å². The van der Waals surface area contributed by atoms with E-state index in [9.17, 15) is 13.2 Å². The van der Waals surface area contributed by atoms with Gasteiger partial charge in [-0.2, -0.15) is 0 Å². The molecule has 0 spiro atoms. The number of anilines is 2. The number of likely N-dealkylation sites (tertiary alicyclic amines) is 1. The number of thiophene rings is 1. The van der Waals surface area contributed by atoms with Crippen LogP contribution in [0.15, 0.2) is 23.8 Å². The Morgan fingerprint density at radius 2 is 1.97 bits per heavy atom. The van der Waals surface area contributed by atoms with Crippen LogP contribution in [0.4, 0.5) is 24.5 Å². The lowest BCUT2D eigenvalue weighted by molar-refractivity contribution is 0.176. The van der Waals surface area contributed by atoms with Crippen LogP contribution in [0.25, 0.3) is 20.4 Å². The zero-order valence-corrected chi connectivity index (χ0v) is 18.0. The molecule has 1 N–H and O–H groups in total. The third kappa shape index (κ3) is 3.16. The topological polar surface area (TPSA) is 41.1 Å². The Hall–Kier alpha value is -2.23. The summed E-state index contributed by atoms with van der Waals surface area (Å²) < 4.78 is 44.6. The summed E-state index contributed by atoms with van der Waals surface area (Å²) in [7, 11) is 2.11. The number of fused-ring (bicyclic) bond motifs is 2. The van der Waals surface area contributed by atoms with Crippen LogP contribution in [-0.4, -0.2) is 34.5 Å². The second-order valence-corrected chi connectivity index (χ2v) is 9.64. The van der Waals surface area contributed by atoms with Crippen molar-refractivity contribution in [2.45, 2.75) is 31.7 Å². The summed E-state index contributed by atoms with van der Waals surface area (Å²) in [5.41, 5.74) is 1.15. The van der Waals surface area contributed by atoms with E-state index in [0.29, 0.717) is 26.9 Å². The van der Waals surface area contributed by atoms with Crippen LogP contribution < -0.4 is 5.32 Å².